The zero-order valence-corrected chi connectivity index (χ0v) is 22.0. The van der Waals surface area contributed by atoms with Gasteiger partial charge in [-0.05, 0) is 76.9 Å². The fourth-order valence-corrected chi connectivity index (χ4v) is 4.09. The summed E-state index contributed by atoms with van der Waals surface area (Å²) in [7, 11) is 0. The summed E-state index contributed by atoms with van der Waals surface area (Å²) in [4.78, 5) is 28.6. The Morgan fingerprint density at radius 2 is 2.00 bits per heavy atom. The molecule has 0 saturated carbocycles. The van der Waals surface area contributed by atoms with Crippen molar-refractivity contribution in [2.24, 2.45) is 5.10 Å². The summed E-state index contributed by atoms with van der Waals surface area (Å²) < 4.78 is 14.2. The van der Waals surface area contributed by atoms with Crippen LogP contribution >= 0.6 is 47.8 Å². The van der Waals surface area contributed by atoms with Gasteiger partial charge in [-0.25, -0.2) is 9.78 Å². The van der Waals surface area contributed by atoms with Crippen LogP contribution in [0.3, 0.4) is 0 Å². The van der Waals surface area contributed by atoms with E-state index in [0.29, 0.717) is 43.6 Å². The minimum atomic E-state index is -1.11. The molecule has 11 heteroatoms. The number of rotatable bonds is 7. The van der Waals surface area contributed by atoms with Gasteiger partial charge in [-0.15, -0.1) is 0 Å². The van der Waals surface area contributed by atoms with Crippen LogP contribution in [0.25, 0.3) is 10.9 Å². The maximum Gasteiger partial charge on any atom is 0.344 e. The predicted octanol–water partition coefficient (Wildman–Crippen LogP) is 5.13. The van der Waals surface area contributed by atoms with Crippen molar-refractivity contribution in [3.8, 4) is 11.5 Å². The van der Waals surface area contributed by atoms with E-state index in [4.69, 9.17) is 9.47 Å². The first-order chi connectivity index (χ1) is 15.1. The number of carboxylic acids is 1. The predicted molar refractivity (Wildman–Crippen MR) is 132 cm³/mol. The maximum absolute atomic E-state index is 13.0. The van der Waals surface area contributed by atoms with Gasteiger partial charge in [0.2, 0.25) is 0 Å². The van der Waals surface area contributed by atoms with Gasteiger partial charge < -0.3 is 14.6 Å². The Balaban J connectivity index is 2.09. The molecule has 8 nitrogen and oxygen atoms in total. The van der Waals surface area contributed by atoms with Gasteiger partial charge in [0.1, 0.15) is 5.82 Å². The molecule has 0 saturated heterocycles. The number of carbonyl (C=O) groups is 1. The Labute approximate surface area is 208 Å². The van der Waals surface area contributed by atoms with Crippen molar-refractivity contribution in [1.82, 2.24) is 9.66 Å². The van der Waals surface area contributed by atoms with Crippen LogP contribution in [0, 0.1) is 6.92 Å². The van der Waals surface area contributed by atoms with E-state index < -0.39 is 12.1 Å². The molecule has 0 radical (unpaired) electrons. The zero-order valence-electron chi connectivity index (χ0n) is 17.2. The van der Waals surface area contributed by atoms with Crippen molar-refractivity contribution in [2.45, 2.75) is 26.9 Å². The maximum atomic E-state index is 13.0. The number of ether oxygens (including phenoxy) is 2. The van der Waals surface area contributed by atoms with E-state index >= 15 is 0 Å². The molecule has 3 aromatic rings. The van der Waals surface area contributed by atoms with E-state index in [1.165, 1.54) is 17.8 Å². The van der Waals surface area contributed by atoms with Gasteiger partial charge in [-0.2, -0.15) is 9.78 Å². The summed E-state index contributed by atoms with van der Waals surface area (Å²) in [5.41, 5.74) is 0.857. The first-order valence-corrected chi connectivity index (χ1v) is 11.8. The Morgan fingerprint density at radius 1 is 1.28 bits per heavy atom. The monoisotopic (exact) mass is 629 g/mol. The van der Waals surface area contributed by atoms with Crippen LogP contribution in [0.2, 0.25) is 0 Å². The number of aromatic nitrogens is 2. The van der Waals surface area contributed by atoms with E-state index in [0.717, 1.165) is 4.47 Å². The molecule has 32 heavy (non-hydrogen) atoms. The molecule has 3 rings (SSSR count). The highest BCUT2D eigenvalue weighted by Crippen LogP contribution is 2.43. The summed E-state index contributed by atoms with van der Waals surface area (Å²) in [6.07, 6.45) is 0.405. The Hall–Kier alpha value is -2.24. The number of hydrogen-bond acceptors (Lipinski definition) is 6. The Kier molecular flexibility index (Phi) is 7.73. The average molecular weight is 632 g/mol. The highest BCUT2D eigenvalue weighted by atomic mass is 79.9. The quantitative estimate of drug-likeness (QED) is 0.363. The largest absolute Gasteiger partial charge is 0.490 e. The number of nitrogens with zero attached hydrogens (tertiary/aromatic N) is 3. The zero-order chi connectivity index (χ0) is 23.6. The molecule has 0 amide bonds. The third-order valence-electron chi connectivity index (χ3n) is 4.38. The van der Waals surface area contributed by atoms with E-state index in [1.807, 2.05) is 6.07 Å². The Morgan fingerprint density at radius 3 is 2.66 bits per heavy atom. The Bertz CT molecular complexity index is 1290. The van der Waals surface area contributed by atoms with Gasteiger partial charge in [-0.1, -0.05) is 15.9 Å². The average Bonchev–Trinajstić information content (AvgIpc) is 2.74. The molecule has 1 heterocycles. The van der Waals surface area contributed by atoms with Gasteiger partial charge in [0.25, 0.3) is 5.56 Å². The standard InChI is InChI=1S/C21H18Br3N3O5/c1-4-31-16-7-12(17(23)18(24)19(16)32-10(2)21(29)30)9-25-27-11(3)26-15-6-5-13(22)8-14(15)20(27)28/h5-10H,4H2,1-3H3,(H,29,30)/t10-/m0/s1. The number of halogens is 3. The molecule has 0 aliphatic heterocycles. The van der Waals surface area contributed by atoms with Crippen molar-refractivity contribution >= 4 is 70.9 Å². The number of carboxylic acid groups (broad SMARTS) is 1. The summed E-state index contributed by atoms with van der Waals surface area (Å²) in [6, 6.07) is 6.93. The molecule has 0 fully saturated rings. The first-order valence-electron chi connectivity index (χ1n) is 9.41. The van der Waals surface area contributed by atoms with Crippen LogP contribution in [-0.4, -0.2) is 39.7 Å². The molecule has 0 aliphatic carbocycles. The minimum Gasteiger partial charge on any atom is -0.490 e. The van der Waals surface area contributed by atoms with Crippen LogP contribution in [-0.2, 0) is 4.79 Å². The molecule has 0 bridgehead atoms. The number of benzene rings is 2. The third kappa shape index (κ3) is 5.05. The van der Waals surface area contributed by atoms with Crippen molar-refractivity contribution in [1.29, 1.82) is 0 Å². The van der Waals surface area contributed by atoms with Crippen molar-refractivity contribution in [3.63, 3.8) is 0 Å². The summed E-state index contributed by atoms with van der Waals surface area (Å²) in [6.45, 7) is 5.26. The van der Waals surface area contributed by atoms with Crippen LogP contribution in [0.4, 0.5) is 0 Å². The van der Waals surface area contributed by atoms with E-state index in [-0.39, 0.29) is 11.3 Å². The lowest BCUT2D eigenvalue weighted by atomic mass is 10.2. The summed E-state index contributed by atoms with van der Waals surface area (Å²) in [5.74, 6) is -0.0963. The second-order valence-electron chi connectivity index (χ2n) is 6.63. The first kappa shape index (κ1) is 24.4. The van der Waals surface area contributed by atoms with E-state index in [9.17, 15) is 14.7 Å². The van der Waals surface area contributed by atoms with Gasteiger partial charge in [0.15, 0.2) is 17.6 Å². The normalized spacial score (nSPS) is 12.3. The topological polar surface area (TPSA) is 103 Å². The molecule has 0 aliphatic rings. The third-order valence-corrected chi connectivity index (χ3v) is 7.02. The molecular weight excluding hydrogens is 614 g/mol. The molecule has 0 spiro atoms. The van der Waals surface area contributed by atoms with E-state index in [1.54, 1.807) is 32.0 Å². The second kappa shape index (κ2) is 10.1. The van der Waals surface area contributed by atoms with Gasteiger partial charge in [0.05, 0.1) is 28.2 Å². The fourth-order valence-electron chi connectivity index (χ4n) is 2.81. The summed E-state index contributed by atoms with van der Waals surface area (Å²) >= 11 is 10.3. The molecule has 1 aromatic heterocycles. The van der Waals surface area contributed by atoms with Gasteiger partial charge in [0, 0.05) is 14.5 Å². The minimum absolute atomic E-state index is 0.247. The SMILES string of the molecule is CCOc1cc(C=Nn2c(C)nc3ccc(Br)cc3c2=O)c(Br)c(Br)c1O[C@@H](C)C(=O)O. The lowest BCUT2D eigenvalue weighted by molar-refractivity contribution is -0.144. The lowest BCUT2D eigenvalue weighted by Crippen LogP contribution is -2.23. The lowest BCUT2D eigenvalue weighted by Gasteiger charge is -2.18. The number of aliphatic carboxylic acids is 1. The molecule has 2 aromatic carbocycles. The van der Waals surface area contributed by atoms with Gasteiger partial charge >= 0.3 is 5.97 Å². The highest BCUT2D eigenvalue weighted by molar-refractivity contribution is 9.13. The van der Waals surface area contributed by atoms with Crippen molar-refractivity contribution in [2.75, 3.05) is 6.61 Å². The molecule has 1 atom stereocenters. The number of aryl methyl sites for hydroxylation is 1. The smallest absolute Gasteiger partial charge is 0.344 e. The summed E-state index contributed by atoms with van der Waals surface area (Å²) in [5, 5.41) is 13.9. The molecule has 1 N–H and O–H groups in total. The van der Waals surface area contributed by atoms with Gasteiger partial charge in [-0.3, -0.25) is 4.79 Å². The van der Waals surface area contributed by atoms with Crippen molar-refractivity contribution in [3.05, 3.63) is 59.4 Å². The van der Waals surface area contributed by atoms with Crippen LogP contribution in [0.15, 0.2) is 47.6 Å². The number of hydrogen-bond donors (Lipinski definition) is 1. The fraction of sp³-hybridized carbons (Fsp3) is 0.238. The van der Waals surface area contributed by atoms with Crippen LogP contribution in [0.1, 0.15) is 25.2 Å². The highest BCUT2D eigenvalue weighted by Gasteiger charge is 2.22. The van der Waals surface area contributed by atoms with Crippen LogP contribution < -0.4 is 15.0 Å². The molecule has 168 valence electrons. The second-order valence-corrected chi connectivity index (χ2v) is 9.14. The molecule has 0 unspecified atom stereocenters. The van der Waals surface area contributed by atoms with Crippen LogP contribution in [0.5, 0.6) is 11.5 Å². The van der Waals surface area contributed by atoms with Crippen molar-refractivity contribution < 1.29 is 19.4 Å². The molecular formula is C21H18Br3N3O5. The number of fused-ring (bicyclic) bond motifs is 1. The van der Waals surface area contributed by atoms with E-state index in [2.05, 4.69) is 57.9 Å².